The number of methoxy groups -OCH3 is 1. The van der Waals surface area contributed by atoms with Gasteiger partial charge in [-0.05, 0) is 82.9 Å². The molecule has 0 spiro atoms. The van der Waals surface area contributed by atoms with E-state index in [1.807, 2.05) is 19.5 Å². The molecule has 0 amide bonds. The number of hydrogen-bond donors (Lipinski definition) is 2. The number of H-pyrrole nitrogens is 1. The molecule has 8 heteroatoms. The van der Waals surface area contributed by atoms with E-state index in [2.05, 4.69) is 49.7 Å². The first-order valence-electron chi connectivity index (χ1n) is 13.1. The zero-order chi connectivity index (χ0) is 23.9. The van der Waals surface area contributed by atoms with Crippen molar-refractivity contribution >= 4 is 17.3 Å². The standard InChI is InChI=1S/C27H36N6OS/c1-33(20-9-11-27(34-2,12-10-20)24-28-15-16-35-24)18-26(13-14-26)32-25-29-17-23(31-25)22-8-7-19-5-3-4-6-21(19)30-22/h7-8,15-17,20H,3-6,9-14,18H2,1-2H3,(H2,29,31,32). The van der Waals surface area contributed by atoms with Crippen molar-refractivity contribution in [1.82, 2.24) is 24.8 Å². The van der Waals surface area contributed by atoms with Crippen LogP contribution in [0.5, 0.6) is 0 Å². The van der Waals surface area contributed by atoms with E-state index in [1.54, 1.807) is 11.3 Å². The van der Waals surface area contributed by atoms with Crippen LogP contribution in [0.3, 0.4) is 0 Å². The van der Waals surface area contributed by atoms with Crippen LogP contribution in [0.4, 0.5) is 5.95 Å². The van der Waals surface area contributed by atoms with Crippen LogP contribution in [0, 0.1) is 0 Å². The van der Waals surface area contributed by atoms with Gasteiger partial charge in [-0.25, -0.2) is 9.97 Å². The summed E-state index contributed by atoms with van der Waals surface area (Å²) in [7, 11) is 4.12. The minimum Gasteiger partial charge on any atom is -0.371 e. The zero-order valence-corrected chi connectivity index (χ0v) is 21.7. The van der Waals surface area contributed by atoms with E-state index in [4.69, 9.17) is 9.72 Å². The lowest BCUT2D eigenvalue weighted by molar-refractivity contribution is -0.0594. The number of likely N-dealkylation sites (N-methyl/N-ethyl adjacent to an activating group) is 1. The molecule has 186 valence electrons. The molecule has 3 aromatic rings. The monoisotopic (exact) mass is 492 g/mol. The summed E-state index contributed by atoms with van der Waals surface area (Å²) in [4.78, 5) is 20.2. The van der Waals surface area contributed by atoms with Crippen LogP contribution in [0.1, 0.15) is 67.6 Å². The van der Waals surface area contributed by atoms with Crippen molar-refractivity contribution < 1.29 is 4.74 Å². The van der Waals surface area contributed by atoms with Crippen LogP contribution in [0.2, 0.25) is 0 Å². The second-order valence-electron chi connectivity index (χ2n) is 10.7. The van der Waals surface area contributed by atoms with Crippen molar-refractivity contribution in [2.24, 2.45) is 0 Å². The molecule has 3 aromatic heterocycles. The summed E-state index contributed by atoms with van der Waals surface area (Å²) in [6.07, 6.45) is 15.3. The van der Waals surface area contributed by atoms with Gasteiger partial charge in [0, 0.05) is 37.0 Å². The highest BCUT2D eigenvalue weighted by Crippen LogP contribution is 2.44. The highest BCUT2D eigenvalue weighted by Gasteiger charge is 2.46. The number of fused-ring (bicyclic) bond motifs is 1. The van der Waals surface area contributed by atoms with Crippen molar-refractivity contribution in [3.8, 4) is 11.4 Å². The van der Waals surface area contributed by atoms with E-state index >= 15 is 0 Å². The lowest BCUT2D eigenvalue weighted by Crippen LogP contribution is -2.46. The Hall–Kier alpha value is -2.29. The number of aromatic amines is 1. The van der Waals surface area contributed by atoms with Crippen LogP contribution in [-0.4, -0.2) is 57.1 Å². The van der Waals surface area contributed by atoms with Crippen LogP contribution >= 0.6 is 11.3 Å². The second kappa shape index (κ2) is 9.30. The molecule has 6 rings (SSSR count). The van der Waals surface area contributed by atoms with Gasteiger partial charge in [-0.15, -0.1) is 11.3 Å². The van der Waals surface area contributed by atoms with Crippen LogP contribution in [-0.2, 0) is 23.2 Å². The largest absolute Gasteiger partial charge is 0.371 e. The molecule has 3 heterocycles. The van der Waals surface area contributed by atoms with Crippen molar-refractivity contribution in [2.75, 3.05) is 26.0 Å². The summed E-state index contributed by atoms with van der Waals surface area (Å²) in [5.41, 5.74) is 4.58. The number of thiazole rings is 1. The number of aromatic nitrogens is 4. The molecule has 0 saturated heterocycles. The molecular weight excluding hydrogens is 456 g/mol. The summed E-state index contributed by atoms with van der Waals surface area (Å²) in [6, 6.07) is 4.96. The number of nitrogens with one attached hydrogen (secondary N) is 2. The summed E-state index contributed by atoms with van der Waals surface area (Å²) >= 11 is 1.72. The van der Waals surface area contributed by atoms with Crippen molar-refractivity contribution in [3.05, 3.63) is 46.2 Å². The Bertz CT molecular complexity index is 1150. The van der Waals surface area contributed by atoms with Gasteiger partial charge in [0.2, 0.25) is 5.95 Å². The molecule has 0 atom stereocenters. The number of rotatable bonds is 8. The molecule has 0 radical (unpaired) electrons. The molecular formula is C27H36N6OS. The maximum Gasteiger partial charge on any atom is 0.201 e. The maximum absolute atomic E-state index is 6.01. The van der Waals surface area contributed by atoms with Crippen LogP contribution in [0.25, 0.3) is 11.4 Å². The number of hydrogen-bond acceptors (Lipinski definition) is 7. The Labute approximate surface area is 211 Å². The third-order valence-electron chi connectivity index (χ3n) is 8.42. The minimum atomic E-state index is -0.198. The third kappa shape index (κ3) is 4.63. The quantitative estimate of drug-likeness (QED) is 0.452. The van der Waals surface area contributed by atoms with E-state index in [0.717, 1.165) is 67.4 Å². The van der Waals surface area contributed by atoms with Gasteiger partial charge in [0.1, 0.15) is 10.6 Å². The van der Waals surface area contributed by atoms with E-state index < -0.39 is 0 Å². The Morgan fingerprint density at radius 3 is 2.71 bits per heavy atom. The fraction of sp³-hybridized carbons (Fsp3) is 0.593. The lowest BCUT2D eigenvalue weighted by Gasteiger charge is -2.41. The normalized spacial score (nSPS) is 25.4. The van der Waals surface area contributed by atoms with Gasteiger partial charge >= 0.3 is 0 Å². The maximum atomic E-state index is 6.01. The molecule has 3 aliphatic carbocycles. The molecule has 0 unspecified atom stereocenters. The molecule has 35 heavy (non-hydrogen) atoms. The first-order chi connectivity index (χ1) is 17.1. The SMILES string of the molecule is COC1(c2nccs2)CCC(N(C)CC2(Nc3ncc(-c4ccc5c(n4)CCCC5)[nH]3)CC2)CC1. The number of aryl methyl sites for hydroxylation is 2. The topological polar surface area (TPSA) is 79.0 Å². The predicted molar refractivity (Wildman–Crippen MR) is 140 cm³/mol. The molecule has 7 nitrogen and oxygen atoms in total. The first-order valence-corrected chi connectivity index (χ1v) is 13.9. The highest BCUT2D eigenvalue weighted by atomic mass is 32.1. The van der Waals surface area contributed by atoms with Gasteiger partial charge in [-0.3, -0.25) is 4.98 Å². The highest BCUT2D eigenvalue weighted by molar-refractivity contribution is 7.09. The molecule has 0 bridgehead atoms. The summed E-state index contributed by atoms with van der Waals surface area (Å²) in [5, 5.41) is 6.91. The van der Waals surface area contributed by atoms with Crippen molar-refractivity contribution in [2.45, 2.75) is 81.4 Å². The van der Waals surface area contributed by atoms with Gasteiger partial charge in [-0.2, -0.15) is 0 Å². The van der Waals surface area contributed by atoms with Crippen LogP contribution in [0.15, 0.2) is 29.9 Å². The number of ether oxygens (including phenoxy) is 1. The number of nitrogens with zero attached hydrogens (tertiary/aromatic N) is 4. The fourth-order valence-electron chi connectivity index (χ4n) is 6.04. The Morgan fingerprint density at radius 2 is 1.97 bits per heavy atom. The smallest absolute Gasteiger partial charge is 0.201 e. The zero-order valence-electron chi connectivity index (χ0n) is 20.8. The fourth-order valence-corrected chi connectivity index (χ4v) is 6.92. The van der Waals surface area contributed by atoms with E-state index in [0.29, 0.717) is 6.04 Å². The molecule has 2 fully saturated rings. The molecule has 2 N–H and O–H groups in total. The van der Waals surface area contributed by atoms with Gasteiger partial charge in [0.05, 0.1) is 23.1 Å². The molecule has 0 aliphatic heterocycles. The third-order valence-corrected chi connectivity index (χ3v) is 9.38. The summed E-state index contributed by atoms with van der Waals surface area (Å²) in [5.74, 6) is 0.858. The predicted octanol–water partition coefficient (Wildman–Crippen LogP) is 5.17. The molecule has 2 saturated carbocycles. The lowest BCUT2D eigenvalue weighted by atomic mass is 9.81. The summed E-state index contributed by atoms with van der Waals surface area (Å²) < 4.78 is 6.01. The molecule has 3 aliphatic rings. The van der Waals surface area contributed by atoms with Crippen molar-refractivity contribution in [1.29, 1.82) is 0 Å². The number of pyridine rings is 1. The Morgan fingerprint density at radius 1 is 1.14 bits per heavy atom. The average Bonchev–Trinajstić information content (AvgIpc) is 3.27. The second-order valence-corrected chi connectivity index (χ2v) is 11.6. The Balaban J connectivity index is 1.07. The number of anilines is 1. The van der Waals surface area contributed by atoms with Gasteiger partial charge in [0.25, 0.3) is 0 Å². The average molecular weight is 493 g/mol. The van der Waals surface area contributed by atoms with E-state index in [9.17, 15) is 0 Å². The summed E-state index contributed by atoms with van der Waals surface area (Å²) in [6.45, 7) is 1.03. The Kier molecular flexibility index (Phi) is 6.15. The number of imidazole rings is 1. The van der Waals surface area contributed by atoms with Gasteiger partial charge in [0.15, 0.2) is 0 Å². The van der Waals surface area contributed by atoms with Gasteiger partial charge in [-0.1, -0.05) is 6.07 Å². The van der Waals surface area contributed by atoms with E-state index in [1.165, 1.54) is 36.9 Å². The molecule has 0 aromatic carbocycles. The van der Waals surface area contributed by atoms with Gasteiger partial charge < -0.3 is 19.9 Å². The van der Waals surface area contributed by atoms with E-state index in [-0.39, 0.29) is 11.1 Å². The van der Waals surface area contributed by atoms with Crippen LogP contribution < -0.4 is 5.32 Å². The van der Waals surface area contributed by atoms with Crippen molar-refractivity contribution in [3.63, 3.8) is 0 Å². The first kappa shape index (κ1) is 23.1. The minimum absolute atomic E-state index is 0.109.